The number of hydrogen-bond donors (Lipinski definition) is 1. The number of carbonyl (C=O) groups is 1. The number of rotatable bonds is 3. The van der Waals surface area contributed by atoms with Crippen LogP contribution in [0.5, 0.6) is 0 Å². The number of aryl methyl sites for hydroxylation is 1. The van der Waals surface area contributed by atoms with Crippen molar-refractivity contribution in [2.45, 2.75) is 19.9 Å². The van der Waals surface area contributed by atoms with Crippen molar-refractivity contribution in [1.82, 2.24) is 4.90 Å². The molecule has 0 saturated heterocycles. The molecule has 1 atom stereocenters. The van der Waals surface area contributed by atoms with E-state index in [2.05, 4.69) is 0 Å². The standard InChI is InChI=1S/C15H18N2OS/c1-10-7-8-14(19-10)15(18)17(3)11(2)12-5-4-6-13(16)9-12/h4-9,11H,16H2,1-3H3. The molecule has 1 aromatic carbocycles. The highest BCUT2D eigenvalue weighted by Crippen LogP contribution is 2.24. The lowest BCUT2D eigenvalue weighted by Crippen LogP contribution is -2.29. The van der Waals surface area contributed by atoms with E-state index in [1.54, 1.807) is 4.90 Å². The summed E-state index contributed by atoms with van der Waals surface area (Å²) in [5.41, 5.74) is 7.55. The Balaban J connectivity index is 2.19. The van der Waals surface area contributed by atoms with Gasteiger partial charge >= 0.3 is 0 Å². The molecule has 0 aliphatic rings. The zero-order valence-corrected chi connectivity index (χ0v) is 12.2. The average molecular weight is 274 g/mol. The zero-order valence-electron chi connectivity index (χ0n) is 11.4. The third-order valence-electron chi connectivity index (χ3n) is 3.25. The molecular weight excluding hydrogens is 256 g/mol. The zero-order chi connectivity index (χ0) is 14.0. The Kier molecular flexibility index (Phi) is 3.90. The summed E-state index contributed by atoms with van der Waals surface area (Å²) in [6.45, 7) is 4.01. The summed E-state index contributed by atoms with van der Waals surface area (Å²) in [5, 5.41) is 0. The van der Waals surface area contributed by atoms with Gasteiger partial charge in [-0.1, -0.05) is 12.1 Å². The molecule has 0 spiro atoms. The van der Waals surface area contributed by atoms with Crippen LogP contribution in [-0.4, -0.2) is 17.9 Å². The van der Waals surface area contributed by atoms with Gasteiger partial charge in [0.25, 0.3) is 5.91 Å². The number of amides is 1. The molecule has 0 radical (unpaired) electrons. The molecule has 100 valence electrons. The van der Waals surface area contributed by atoms with Gasteiger partial charge in [0.2, 0.25) is 0 Å². The summed E-state index contributed by atoms with van der Waals surface area (Å²) in [5.74, 6) is 0.0491. The van der Waals surface area contributed by atoms with Gasteiger partial charge in [-0.3, -0.25) is 4.79 Å². The number of nitrogen functional groups attached to an aromatic ring is 1. The first-order valence-electron chi connectivity index (χ1n) is 6.18. The number of nitrogens with zero attached hydrogens (tertiary/aromatic N) is 1. The van der Waals surface area contributed by atoms with E-state index < -0.39 is 0 Å². The number of nitrogens with two attached hydrogens (primary N) is 1. The molecule has 0 fully saturated rings. The van der Waals surface area contributed by atoms with Gasteiger partial charge in [0, 0.05) is 17.6 Å². The van der Waals surface area contributed by atoms with E-state index in [0.29, 0.717) is 0 Å². The van der Waals surface area contributed by atoms with Crippen LogP contribution in [0.15, 0.2) is 36.4 Å². The molecule has 19 heavy (non-hydrogen) atoms. The Morgan fingerprint density at radius 2 is 2.05 bits per heavy atom. The van der Waals surface area contributed by atoms with E-state index in [9.17, 15) is 4.79 Å². The molecule has 2 N–H and O–H groups in total. The molecule has 1 aromatic heterocycles. The molecule has 4 heteroatoms. The quantitative estimate of drug-likeness (QED) is 0.871. The van der Waals surface area contributed by atoms with Crippen molar-refractivity contribution in [3.05, 3.63) is 51.7 Å². The van der Waals surface area contributed by atoms with Gasteiger partial charge < -0.3 is 10.6 Å². The predicted octanol–water partition coefficient (Wildman–Crippen LogP) is 3.47. The van der Waals surface area contributed by atoms with Gasteiger partial charge in [0.05, 0.1) is 10.9 Å². The van der Waals surface area contributed by atoms with Crippen molar-refractivity contribution in [2.24, 2.45) is 0 Å². The number of carbonyl (C=O) groups excluding carboxylic acids is 1. The van der Waals surface area contributed by atoms with Crippen LogP contribution in [0, 0.1) is 6.92 Å². The molecule has 3 nitrogen and oxygen atoms in total. The van der Waals surface area contributed by atoms with Crippen LogP contribution in [0.4, 0.5) is 5.69 Å². The fourth-order valence-corrected chi connectivity index (χ4v) is 2.79. The van der Waals surface area contributed by atoms with E-state index in [0.717, 1.165) is 21.0 Å². The van der Waals surface area contributed by atoms with Gasteiger partial charge in [-0.05, 0) is 43.7 Å². The van der Waals surface area contributed by atoms with E-state index in [1.165, 1.54) is 11.3 Å². The molecular formula is C15H18N2OS. The SMILES string of the molecule is Cc1ccc(C(=O)N(C)C(C)c2cccc(N)c2)s1. The van der Waals surface area contributed by atoms with Gasteiger partial charge in [-0.15, -0.1) is 11.3 Å². The summed E-state index contributed by atoms with van der Waals surface area (Å²) in [6.07, 6.45) is 0. The minimum Gasteiger partial charge on any atom is -0.399 e. The fourth-order valence-electron chi connectivity index (χ4n) is 1.94. The van der Waals surface area contributed by atoms with E-state index in [4.69, 9.17) is 5.73 Å². The smallest absolute Gasteiger partial charge is 0.264 e. The van der Waals surface area contributed by atoms with Crippen LogP contribution in [0.25, 0.3) is 0 Å². The number of thiophene rings is 1. The van der Waals surface area contributed by atoms with Crippen LogP contribution in [0.2, 0.25) is 0 Å². The second-order valence-corrected chi connectivity index (χ2v) is 5.96. The van der Waals surface area contributed by atoms with E-state index in [1.807, 2.05) is 57.3 Å². The van der Waals surface area contributed by atoms with Crippen molar-refractivity contribution >= 4 is 22.9 Å². The minimum absolute atomic E-state index is 0.00148. The average Bonchev–Trinajstić information content (AvgIpc) is 2.83. The minimum atomic E-state index is -0.00148. The van der Waals surface area contributed by atoms with Crippen molar-refractivity contribution in [1.29, 1.82) is 0 Å². The van der Waals surface area contributed by atoms with Crippen LogP contribution in [0.1, 0.15) is 33.1 Å². The molecule has 1 amide bonds. The topological polar surface area (TPSA) is 46.3 Å². The van der Waals surface area contributed by atoms with Gasteiger partial charge in [0.15, 0.2) is 0 Å². The predicted molar refractivity (Wildman–Crippen MR) is 80.4 cm³/mol. The third kappa shape index (κ3) is 2.96. The Labute approximate surface area is 117 Å². The monoisotopic (exact) mass is 274 g/mol. The highest BCUT2D eigenvalue weighted by Gasteiger charge is 2.20. The lowest BCUT2D eigenvalue weighted by atomic mass is 10.1. The Morgan fingerprint density at radius 1 is 1.32 bits per heavy atom. The Hall–Kier alpha value is -1.81. The maximum atomic E-state index is 12.4. The number of benzene rings is 1. The summed E-state index contributed by atoms with van der Waals surface area (Å²) in [7, 11) is 1.82. The summed E-state index contributed by atoms with van der Waals surface area (Å²) in [4.78, 5) is 16.0. The largest absolute Gasteiger partial charge is 0.399 e. The molecule has 0 bridgehead atoms. The van der Waals surface area contributed by atoms with Crippen molar-refractivity contribution in [3.8, 4) is 0 Å². The molecule has 0 saturated carbocycles. The van der Waals surface area contributed by atoms with Gasteiger partial charge in [0.1, 0.15) is 0 Å². The molecule has 1 unspecified atom stereocenters. The molecule has 0 aliphatic carbocycles. The lowest BCUT2D eigenvalue weighted by molar-refractivity contribution is 0.0747. The van der Waals surface area contributed by atoms with Crippen LogP contribution in [-0.2, 0) is 0 Å². The van der Waals surface area contributed by atoms with Gasteiger partial charge in [-0.2, -0.15) is 0 Å². The summed E-state index contributed by atoms with van der Waals surface area (Å²) < 4.78 is 0. The van der Waals surface area contributed by atoms with Crippen LogP contribution >= 0.6 is 11.3 Å². The lowest BCUT2D eigenvalue weighted by Gasteiger charge is -2.25. The molecule has 1 heterocycles. The van der Waals surface area contributed by atoms with Gasteiger partial charge in [-0.25, -0.2) is 0 Å². The molecule has 0 aliphatic heterocycles. The third-order valence-corrected chi connectivity index (χ3v) is 4.23. The van der Waals surface area contributed by atoms with E-state index >= 15 is 0 Å². The Bertz CT molecular complexity index is 591. The summed E-state index contributed by atoms with van der Waals surface area (Å²) in [6, 6.07) is 11.5. The molecule has 2 rings (SSSR count). The van der Waals surface area contributed by atoms with E-state index in [-0.39, 0.29) is 11.9 Å². The number of anilines is 1. The first-order valence-corrected chi connectivity index (χ1v) is 6.99. The normalized spacial score (nSPS) is 12.2. The Morgan fingerprint density at radius 3 is 2.63 bits per heavy atom. The maximum absolute atomic E-state index is 12.4. The highest BCUT2D eigenvalue weighted by molar-refractivity contribution is 7.13. The fraction of sp³-hybridized carbons (Fsp3) is 0.267. The first-order chi connectivity index (χ1) is 8.99. The van der Waals surface area contributed by atoms with Crippen LogP contribution in [0.3, 0.4) is 0 Å². The number of hydrogen-bond acceptors (Lipinski definition) is 3. The first kappa shape index (κ1) is 13.6. The van der Waals surface area contributed by atoms with Crippen LogP contribution < -0.4 is 5.73 Å². The second kappa shape index (κ2) is 5.45. The highest BCUT2D eigenvalue weighted by atomic mass is 32.1. The van der Waals surface area contributed by atoms with Crippen molar-refractivity contribution in [3.63, 3.8) is 0 Å². The summed E-state index contributed by atoms with van der Waals surface area (Å²) >= 11 is 1.52. The second-order valence-electron chi connectivity index (χ2n) is 4.67. The molecule has 2 aromatic rings. The maximum Gasteiger partial charge on any atom is 0.264 e. The van der Waals surface area contributed by atoms with Crippen molar-refractivity contribution < 1.29 is 4.79 Å². The van der Waals surface area contributed by atoms with Crippen molar-refractivity contribution in [2.75, 3.05) is 12.8 Å².